The highest BCUT2D eigenvalue weighted by molar-refractivity contribution is 5.89. The summed E-state index contributed by atoms with van der Waals surface area (Å²) in [5.74, 6) is 1.94. The third kappa shape index (κ3) is 5.02. The molecule has 1 amide bonds. The molecule has 1 aromatic heterocycles. The summed E-state index contributed by atoms with van der Waals surface area (Å²) in [7, 11) is 3.14. The lowest BCUT2D eigenvalue weighted by molar-refractivity contribution is 0.119. The Morgan fingerprint density at radius 1 is 0.917 bits per heavy atom. The fraction of sp³-hybridized carbons (Fsp3) is 0.214. The van der Waals surface area contributed by atoms with Gasteiger partial charge in [0.25, 0.3) is 0 Å². The van der Waals surface area contributed by atoms with Gasteiger partial charge in [-0.2, -0.15) is 0 Å². The molecule has 1 N–H and O–H groups in total. The highest BCUT2D eigenvalue weighted by atomic mass is 19.1. The number of nitrogens with one attached hydrogen (secondary N) is 1. The number of carbonyl (C=O) groups is 1. The van der Waals surface area contributed by atoms with E-state index in [2.05, 4.69) is 10.3 Å². The Bertz CT molecular complexity index is 1420. The first-order valence-corrected chi connectivity index (χ1v) is 11.3. The number of benzene rings is 3. The highest BCUT2D eigenvalue weighted by Crippen LogP contribution is 2.38. The standard InChI is InChI=1S/C28H27FN2O5/c1-16-17(2)24(36-25-12-13-30-23-15-27(34-5)26(33-4)14-20(23)25)11-10-22(16)31-28(32)35-18(3)19-8-6-7-9-21(19)29/h6-15,18H,1-5H3,(H,31,32). The molecule has 186 valence electrons. The minimum Gasteiger partial charge on any atom is -0.493 e. The van der Waals surface area contributed by atoms with Gasteiger partial charge in [-0.05, 0) is 62.2 Å². The summed E-state index contributed by atoms with van der Waals surface area (Å²) in [5.41, 5.74) is 3.21. The number of pyridine rings is 1. The van der Waals surface area contributed by atoms with Crippen LogP contribution < -0.4 is 19.5 Å². The topological polar surface area (TPSA) is 78.9 Å². The molecule has 3 aromatic carbocycles. The number of fused-ring (bicyclic) bond motifs is 1. The van der Waals surface area contributed by atoms with E-state index in [4.69, 9.17) is 18.9 Å². The van der Waals surface area contributed by atoms with Gasteiger partial charge in [-0.1, -0.05) is 18.2 Å². The maximum atomic E-state index is 14.0. The Balaban J connectivity index is 1.54. The molecule has 36 heavy (non-hydrogen) atoms. The van der Waals surface area contributed by atoms with E-state index in [0.29, 0.717) is 39.8 Å². The zero-order valence-corrected chi connectivity index (χ0v) is 20.7. The van der Waals surface area contributed by atoms with Crippen LogP contribution in [0.5, 0.6) is 23.0 Å². The Morgan fingerprint density at radius 2 is 1.64 bits per heavy atom. The van der Waals surface area contributed by atoms with Crippen LogP contribution in [0.25, 0.3) is 10.9 Å². The van der Waals surface area contributed by atoms with E-state index in [1.54, 1.807) is 69.8 Å². The van der Waals surface area contributed by atoms with Crippen LogP contribution in [0, 0.1) is 19.7 Å². The largest absolute Gasteiger partial charge is 0.493 e. The minimum atomic E-state index is -0.745. The van der Waals surface area contributed by atoms with E-state index in [1.807, 2.05) is 19.9 Å². The van der Waals surface area contributed by atoms with Crippen molar-refractivity contribution in [2.75, 3.05) is 19.5 Å². The smallest absolute Gasteiger partial charge is 0.412 e. The molecule has 0 saturated carbocycles. The van der Waals surface area contributed by atoms with Crippen molar-refractivity contribution in [3.05, 3.63) is 83.3 Å². The second-order valence-corrected chi connectivity index (χ2v) is 8.19. The van der Waals surface area contributed by atoms with Crippen molar-refractivity contribution in [2.45, 2.75) is 26.9 Å². The Morgan fingerprint density at radius 3 is 2.36 bits per heavy atom. The van der Waals surface area contributed by atoms with E-state index in [0.717, 1.165) is 16.5 Å². The van der Waals surface area contributed by atoms with Gasteiger partial charge in [0.15, 0.2) is 11.5 Å². The van der Waals surface area contributed by atoms with Crippen molar-refractivity contribution in [1.29, 1.82) is 0 Å². The molecule has 0 aliphatic rings. The number of hydrogen-bond acceptors (Lipinski definition) is 6. The van der Waals surface area contributed by atoms with E-state index in [1.165, 1.54) is 6.07 Å². The summed E-state index contributed by atoms with van der Waals surface area (Å²) >= 11 is 0. The molecule has 1 heterocycles. The van der Waals surface area contributed by atoms with E-state index in [-0.39, 0.29) is 0 Å². The van der Waals surface area contributed by atoms with Crippen molar-refractivity contribution in [2.24, 2.45) is 0 Å². The normalized spacial score (nSPS) is 11.6. The van der Waals surface area contributed by atoms with Gasteiger partial charge in [0, 0.05) is 28.9 Å². The average molecular weight is 491 g/mol. The summed E-state index contributed by atoms with van der Waals surface area (Å²) < 4.78 is 36.4. The number of halogens is 1. The zero-order chi connectivity index (χ0) is 25.8. The van der Waals surface area contributed by atoms with Crippen molar-refractivity contribution >= 4 is 22.7 Å². The third-order valence-corrected chi connectivity index (χ3v) is 6.03. The summed E-state index contributed by atoms with van der Waals surface area (Å²) in [6, 6.07) is 15.1. The fourth-order valence-corrected chi connectivity index (χ4v) is 3.86. The molecule has 0 fully saturated rings. The molecule has 0 bridgehead atoms. The second-order valence-electron chi connectivity index (χ2n) is 8.19. The predicted octanol–water partition coefficient (Wildman–Crippen LogP) is 7.11. The highest BCUT2D eigenvalue weighted by Gasteiger charge is 2.18. The number of amides is 1. The maximum Gasteiger partial charge on any atom is 0.412 e. The van der Waals surface area contributed by atoms with Gasteiger partial charge in [0.1, 0.15) is 23.4 Å². The van der Waals surface area contributed by atoms with Crippen molar-refractivity contribution in [3.63, 3.8) is 0 Å². The molecule has 0 spiro atoms. The summed E-state index contributed by atoms with van der Waals surface area (Å²) in [6.45, 7) is 5.39. The third-order valence-electron chi connectivity index (χ3n) is 6.03. The molecule has 0 aliphatic heterocycles. The van der Waals surface area contributed by atoms with Crippen LogP contribution in [-0.4, -0.2) is 25.3 Å². The number of rotatable bonds is 7. The number of methoxy groups -OCH3 is 2. The van der Waals surface area contributed by atoms with Gasteiger partial charge < -0.3 is 18.9 Å². The maximum absolute atomic E-state index is 14.0. The minimum absolute atomic E-state index is 0.308. The van der Waals surface area contributed by atoms with Crippen LogP contribution >= 0.6 is 0 Å². The zero-order valence-electron chi connectivity index (χ0n) is 20.7. The van der Waals surface area contributed by atoms with Crippen molar-refractivity contribution in [1.82, 2.24) is 4.98 Å². The summed E-state index contributed by atoms with van der Waals surface area (Å²) in [5, 5.41) is 3.50. The SMILES string of the molecule is COc1cc2nccc(Oc3ccc(NC(=O)OC(C)c4ccccc4F)c(C)c3C)c2cc1OC. The number of hydrogen-bond donors (Lipinski definition) is 1. The molecule has 8 heteroatoms. The Kier molecular flexibility index (Phi) is 7.24. The molecule has 7 nitrogen and oxygen atoms in total. The number of nitrogens with zero attached hydrogens (tertiary/aromatic N) is 1. The lowest BCUT2D eigenvalue weighted by atomic mass is 10.1. The number of anilines is 1. The van der Waals surface area contributed by atoms with Gasteiger partial charge in [-0.3, -0.25) is 10.3 Å². The van der Waals surface area contributed by atoms with Crippen LogP contribution in [0.4, 0.5) is 14.9 Å². The van der Waals surface area contributed by atoms with Gasteiger partial charge in [0.2, 0.25) is 0 Å². The summed E-state index contributed by atoms with van der Waals surface area (Å²) in [4.78, 5) is 16.9. The lowest BCUT2D eigenvalue weighted by Gasteiger charge is -2.18. The number of aromatic nitrogens is 1. The van der Waals surface area contributed by atoms with Gasteiger partial charge in [-0.25, -0.2) is 9.18 Å². The Labute approximate surface area is 208 Å². The molecule has 0 saturated heterocycles. The average Bonchev–Trinajstić information content (AvgIpc) is 2.87. The summed E-state index contributed by atoms with van der Waals surface area (Å²) in [6.07, 6.45) is 0.239. The Hall–Kier alpha value is -4.33. The van der Waals surface area contributed by atoms with Crippen LogP contribution in [-0.2, 0) is 4.74 Å². The number of ether oxygens (including phenoxy) is 4. The first-order chi connectivity index (χ1) is 17.3. The van der Waals surface area contributed by atoms with E-state index < -0.39 is 18.0 Å². The lowest BCUT2D eigenvalue weighted by Crippen LogP contribution is -2.17. The molecule has 1 unspecified atom stereocenters. The van der Waals surface area contributed by atoms with Gasteiger partial charge in [-0.15, -0.1) is 0 Å². The molecule has 0 radical (unpaired) electrons. The van der Waals surface area contributed by atoms with Gasteiger partial charge >= 0.3 is 6.09 Å². The van der Waals surface area contributed by atoms with Crippen LogP contribution in [0.1, 0.15) is 29.7 Å². The van der Waals surface area contributed by atoms with E-state index in [9.17, 15) is 9.18 Å². The molecule has 4 aromatic rings. The van der Waals surface area contributed by atoms with Crippen molar-refractivity contribution < 1.29 is 28.1 Å². The van der Waals surface area contributed by atoms with Crippen LogP contribution in [0.2, 0.25) is 0 Å². The molecule has 1 atom stereocenters. The number of carbonyl (C=O) groups excluding carboxylic acids is 1. The monoisotopic (exact) mass is 490 g/mol. The van der Waals surface area contributed by atoms with Crippen LogP contribution in [0.3, 0.4) is 0 Å². The molecular weight excluding hydrogens is 463 g/mol. The first kappa shape index (κ1) is 24.8. The quantitative estimate of drug-likeness (QED) is 0.297. The van der Waals surface area contributed by atoms with E-state index >= 15 is 0 Å². The van der Waals surface area contributed by atoms with Gasteiger partial charge in [0.05, 0.1) is 19.7 Å². The molecule has 4 rings (SSSR count). The first-order valence-electron chi connectivity index (χ1n) is 11.3. The fourth-order valence-electron chi connectivity index (χ4n) is 3.86. The van der Waals surface area contributed by atoms with Crippen LogP contribution in [0.15, 0.2) is 60.8 Å². The predicted molar refractivity (Wildman–Crippen MR) is 136 cm³/mol. The second kappa shape index (κ2) is 10.5. The molecule has 0 aliphatic carbocycles. The van der Waals surface area contributed by atoms with Crippen molar-refractivity contribution in [3.8, 4) is 23.0 Å². The molecular formula is C28H27FN2O5.